The summed E-state index contributed by atoms with van der Waals surface area (Å²) in [6, 6.07) is 7.60. The molecule has 3 heterocycles. The first-order valence-electron chi connectivity index (χ1n) is 7.11. The summed E-state index contributed by atoms with van der Waals surface area (Å²) in [6.07, 6.45) is 6.95. The Labute approximate surface area is 129 Å². The average molecular weight is 291 g/mol. The maximum atomic E-state index is 4.63. The van der Waals surface area contributed by atoms with Gasteiger partial charge in [-0.25, -0.2) is 15.0 Å². The van der Waals surface area contributed by atoms with Gasteiger partial charge >= 0.3 is 0 Å². The van der Waals surface area contributed by atoms with E-state index in [0.29, 0.717) is 11.6 Å². The summed E-state index contributed by atoms with van der Waals surface area (Å²) in [5.74, 6) is 2.09. The smallest absolute Gasteiger partial charge is 0.163 e. The van der Waals surface area contributed by atoms with E-state index >= 15 is 0 Å². The highest BCUT2D eigenvalue weighted by molar-refractivity contribution is 5.60. The van der Waals surface area contributed by atoms with Crippen molar-refractivity contribution in [3.8, 4) is 22.8 Å². The van der Waals surface area contributed by atoms with Gasteiger partial charge in [-0.05, 0) is 24.3 Å². The van der Waals surface area contributed by atoms with Crippen molar-refractivity contribution in [2.24, 2.45) is 0 Å². The van der Waals surface area contributed by atoms with E-state index < -0.39 is 0 Å². The third kappa shape index (κ3) is 2.98. The normalized spacial score (nSPS) is 11.4. The largest absolute Gasteiger partial charge is 0.265 e. The molecule has 3 aromatic heterocycles. The van der Waals surface area contributed by atoms with Gasteiger partial charge in [0.15, 0.2) is 11.6 Å². The molecule has 0 atom stereocenters. The quantitative estimate of drug-likeness (QED) is 0.725. The first-order valence-corrected chi connectivity index (χ1v) is 7.11. The lowest BCUT2D eigenvalue weighted by molar-refractivity contribution is 0.543. The fourth-order valence-electron chi connectivity index (χ4n) is 1.97. The van der Waals surface area contributed by atoms with Crippen molar-refractivity contribution in [3.05, 3.63) is 54.9 Å². The molecule has 0 unspecified atom stereocenters. The van der Waals surface area contributed by atoms with Crippen LogP contribution >= 0.6 is 0 Å². The van der Waals surface area contributed by atoms with Crippen molar-refractivity contribution in [3.63, 3.8) is 0 Å². The maximum Gasteiger partial charge on any atom is 0.163 e. The summed E-state index contributed by atoms with van der Waals surface area (Å²) in [4.78, 5) is 22.0. The van der Waals surface area contributed by atoms with Gasteiger partial charge in [0, 0.05) is 41.3 Å². The molecule has 5 heteroatoms. The lowest BCUT2D eigenvalue weighted by atomic mass is 9.95. The third-order valence-corrected chi connectivity index (χ3v) is 3.18. The van der Waals surface area contributed by atoms with Gasteiger partial charge in [0.25, 0.3) is 0 Å². The minimum absolute atomic E-state index is 0.160. The molecule has 3 aromatic rings. The van der Waals surface area contributed by atoms with E-state index in [9.17, 15) is 0 Å². The average Bonchev–Trinajstić information content (AvgIpc) is 2.55. The van der Waals surface area contributed by atoms with Gasteiger partial charge in [-0.15, -0.1) is 0 Å². The Balaban J connectivity index is 2.19. The van der Waals surface area contributed by atoms with E-state index in [2.05, 4.69) is 45.7 Å². The zero-order valence-electron chi connectivity index (χ0n) is 12.9. The molecule has 0 spiro atoms. The van der Waals surface area contributed by atoms with E-state index in [-0.39, 0.29) is 5.41 Å². The van der Waals surface area contributed by atoms with Gasteiger partial charge in [-0.2, -0.15) is 0 Å². The zero-order valence-corrected chi connectivity index (χ0v) is 12.9. The first kappa shape index (κ1) is 14.3. The van der Waals surface area contributed by atoms with Crippen molar-refractivity contribution in [2.75, 3.05) is 0 Å². The molecule has 0 aliphatic rings. The number of pyridine rings is 2. The maximum absolute atomic E-state index is 4.63. The fourth-order valence-corrected chi connectivity index (χ4v) is 1.97. The van der Waals surface area contributed by atoms with E-state index in [1.165, 1.54) is 0 Å². The second-order valence-corrected chi connectivity index (χ2v) is 6.03. The molecular weight excluding hydrogens is 274 g/mol. The van der Waals surface area contributed by atoms with Crippen LogP contribution in [0.5, 0.6) is 0 Å². The Bertz CT molecular complexity index is 706. The second kappa shape index (κ2) is 5.60. The molecule has 0 aromatic carbocycles. The Morgan fingerprint density at radius 1 is 0.636 bits per heavy atom. The zero-order chi connectivity index (χ0) is 15.6. The lowest BCUT2D eigenvalue weighted by Gasteiger charge is -2.18. The molecule has 0 radical (unpaired) electrons. The van der Waals surface area contributed by atoms with Crippen molar-refractivity contribution >= 4 is 0 Å². The summed E-state index contributed by atoms with van der Waals surface area (Å²) < 4.78 is 0. The van der Waals surface area contributed by atoms with Gasteiger partial charge < -0.3 is 0 Å². The van der Waals surface area contributed by atoms with Crippen LogP contribution in [0, 0.1) is 0 Å². The number of hydrogen-bond acceptors (Lipinski definition) is 5. The molecule has 0 saturated carbocycles. The summed E-state index contributed by atoms with van der Waals surface area (Å²) in [6.45, 7) is 6.28. The Morgan fingerprint density at radius 2 is 1.05 bits per heavy atom. The Kier molecular flexibility index (Phi) is 3.63. The van der Waals surface area contributed by atoms with E-state index in [1.807, 2.05) is 24.3 Å². The molecule has 0 saturated heterocycles. The lowest BCUT2D eigenvalue weighted by Crippen LogP contribution is -2.18. The fraction of sp³-hybridized carbons (Fsp3) is 0.235. The van der Waals surface area contributed by atoms with Crippen LogP contribution in [0.4, 0.5) is 0 Å². The second-order valence-electron chi connectivity index (χ2n) is 6.03. The Hall–Kier alpha value is -2.69. The summed E-state index contributed by atoms with van der Waals surface area (Å²) >= 11 is 0. The van der Waals surface area contributed by atoms with Crippen LogP contribution in [-0.2, 0) is 5.41 Å². The molecule has 0 N–H and O–H groups in total. The SMILES string of the molecule is CC(C)(C)c1nc(-c2ccncc2)nc(-c2ccncc2)n1. The molecule has 0 aliphatic carbocycles. The summed E-state index contributed by atoms with van der Waals surface area (Å²) in [5.41, 5.74) is 1.70. The van der Waals surface area contributed by atoms with Crippen LogP contribution in [0.25, 0.3) is 22.8 Å². The first-order chi connectivity index (χ1) is 10.5. The van der Waals surface area contributed by atoms with E-state index in [4.69, 9.17) is 0 Å². The van der Waals surface area contributed by atoms with Crippen LogP contribution in [0.2, 0.25) is 0 Å². The minimum Gasteiger partial charge on any atom is -0.265 e. The molecular formula is C17H17N5. The van der Waals surface area contributed by atoms with Crippen molar-refractivity contribution in [1.82, 2.24) is 24.9 Å². The van der Waals surface area contributed by atoms with Gasteiger partial charge in [0.2, 0.25) is 0 Å². The summed E-state index contributed by atoms with van der Waals surface area (Å²) in [7, 11) is 0. The number of hydrogen-bond donors (Lipinski definition) is 0. The van der Waals surface area contributed by atoms with Crippen molar-refractivity contribution in [1.29, 1.82) is 0 Å². The predicted molar refractivity (Wildman–Crippen MR) is 85.0 cm³/mol. The van der Waals surface area contributed by atoms with Crippen LogP contribution in [-0.4, -0.2) is 24.9 Å². The molecule has 0 bridgehead atoms. The van der Waals surface area contributed by atoms with Crippen LogP contribution in [0.3, 0.4) is 0 Å². The number of nitrogens with zero attached hydrogens (tertiary/aromatic N) is 5. The molecule has 0 aliphatic heterocycles. The minimum atomic E-state index is -0.160. The van der Waals surface area contributed by atoms with Crippen LogP contribution < -0.4 is 0 Å². The third-order valence-electron chi connectivity index (χ3n) is 3.18. The molecule has 110 valence electrons. The number of aromatic nitrogens is 5. The summed E-state index contributed by atoms with van der Waals surface area (Å²) in [5, 5.41) is 0. The van der Waals surface area contributed by atoms with Gasteiger partial charge in [0.1, 0.15) is 5.82 Å². The van der Waals surface area contributed by atoms with Crippen molar-refractivity contribution < 1.29 is 0 Å². The predicted octanol–water partition coefficient (Wildman–Crippen LogP) is 3.29. The topological polar surface area (TPSA) is 64.5 Å². The Morgan fingerprint density at radius 3 is 1.41 bits per heavy atom. The van der Waals surface area contributed by atoms with Crippen LogP contribution in [0.1, 0.15) is 26.6 Å². The molecule has 22 heavy (non-hydrogen) atoms. The molecule has 5 nitrogen and oxygen atoms in total. The van der Waals surface area contributed by atoms with E-state index in [0.717, 1.165) is 17.0 Å². The monoisotopic (exact) mass is 291 g/mol. The highest BCUT2D eigenvalue weighted by atomic mass is 15.0. The standard InChI is InChI=1S/C17H17N5/c1-17(2,3)16-21-14(12-4-8-18-9-5-12)20-15(22-16)13-6-10-19-11-7-13/h4-11H,1-3H3. The number of rotatable bonds is 2. The van der Waals surface area contributed by atoms with Gasteiger partial charge in [0.05, 0.1) is 0 Å². The molecule has 3 rings (SSSR count). The van der Waals surface area contributed by atoms with Crippen LogP contribution in [0.15, 0.2) is 49.1 Å². The van der Waals surface area contributed by atoms with Gasteiger partial charge in [-0.3, -0.25) is 9.97 Å². The van der Waals surface area contributed by atoms with E-state index in [1.54, 1.807) is 24.8 Å². The highest BCUT2D eigenvalue weighted by Crippen LogP contribution is 2.24. The van der Waals surface area contributed by atoms with Gasteiger partial charge in [-0.1, -0.05) is 20.8 Å². The molecule has 0 amide bonds. The van der Waals surface area contributed by atoms with Crippen molar-refractivity contribution in [2.45, 2.75) is 26.2 Å². The molecule has 0 fully saturated rings. The highest BCUT2D eigenvalue weighted by Gasteiger charge is 2.20.